The van der Waals surface area contributed by atoms with Crippen LogP contribution >= 0.6 is 0 Å². The molecule has 1 saturated carbocycles. The Morgan fingerprint density at radius 2 is 2.13 bits per heavy atom. The molecule has 2 heterocycles. The molecule has 30 heavy (non-hydrogen) atoms. The second-order valence-corrected chi connectivity index (χ2v) is 7.56. The van der Waals surface area contributed by atoms with Gasteiger partial charge < -0.3 is 15.0 Å². The molecule has 0 bridgehead atoms. The molecular weight excluding hydrogens is 405 g/mol. The summed E-state index contributed by atoms with van der Waals surface area (Å²) < 4.78 is 45.0. The molecule has 3 fully saturated rings. The standard InChI is InChI=1S/C19H23F3N4O4/c1-2-25-6-5-24(7-8-29-25)14-4-3-12(9-13(14)20)26-11-19(30-18(26)28)10-15(19)23-17(27)16(21)22/h3-4,9,15-16H,2,5-8,10-11H2,1H3,(H,23,27)/t15-,19?/m0/s1. The fourth-order valence-corrected chi connectivity index (χ4v) is 3.88. The molecule has 2 aliphatic heterocycles. The van der Waals surface area contributed by atoms with Gasteiger partial charge in [-0.1, -0.05) is 6.92 Å². The quantitative estimate of drug-likeness (QED) is 0.771. The molecule has 2 saturated heterocycles. The third-order valence-corrected chi connectivity index (χ3v) is 5.67. The number of benzene rings is 1. The van der Waals surface area contributed by atoms with Crippen molar-refractivity contribution in [3.05, 3.63) is 24.0 Å². The Morgan fingerprint density at radius 3 is 2.83 bits per heavy atom. The number of nitrogens with one attached hydrogen (secondary N) is 1. The van der Waals surface area contributed by atoms with Gasteiger partial charge in [0.15, 0.2) is 5.60 Å². The number of carbonyl (C=O) groups excluding carboxylic acids is 2. The second kappa shape index (κ2) is 7.95. The van der Waals surface area contributed by atoms with Crippen LogP contribution in [0.1, 0.15) is 13.3 Å². The fourth-order valence-electron chi connectivity index (χ4n) is 3.88. The van der Waals surface area contributed by atoms with E-state index in [1.807, 2.05) is 16.9 Å². The van der Waals surface area contributed by atoms with Crippen LogP contribution in [0.2, 0.25) is 0 Å². The number of alkyl halides is 2. The van der Waals surface area contributed by atoms with E-state index in [2.05, 4.69) is 5.32 Å². The second-order valence-electron chi connectivity index (χ2n) is 7.56. The first-order valence-corrected chi connectivity index (χ1v) is 9.84. The van der Waals surface area contributed by atoms with Gasteiger partial charge in [0.1, 0.15) is 5.82 Å². The lowest BCUT2D eigenvalue weighted by molar-refractivity contribution is -0.143. The number of nitrogens with zero attached hydrogens (tertiary/aromatic N) is 3. The van der Waals surface area contributed by atoms with E-state index in [-0.39, 0.29) is 13.0 Å². The number of amides is 2. The van der Waals surface area contributed by atoms with E-state index in [4.69, 9.17) is 9.57 Å². The number of anilines is 2. The van der Waals surface area contributed by atoms with Crippen LogP contribution in [0.25, 0.3) is 0 Å². The highest BCUT2D eigenvalue weighted by atomic mass is 19.3. The summed E-state index contributed by atoms with van der Waals surface area (Å²) in [6.45, 7) is 5.01. The zero-order valence-corrected chi connectivity index (χ0v) is 16.4. The van der Waals surface area contributed by atoms with Crippen molar-refractivity contribution in [1.29, 1.82) is 0 Å². The van der Waals surface area contributed by atoms with Crippen LogP contribution in [0.15, 0.2) is 18.2 Å². The maximum absolute atomic E-state index is 14.9. The van der Waals surface area contributed by atoms with Gasteiger partial charge >= 0.3 is 12.5 Å². The molecule has 3 aliphatic rings. The third-order valence-electron chi connectivity index (χ3n) is 5.67. The van der Waals surface area contributed by atoms with Crippen LogP contribution in [-0.4, -0.2) is 74.5 Å². The maximum atomic E-state index is 14.9. The Labute approximate surface area is 171 Å². The van der Waals surface area contributed by atoms with E-state index < -0.39 is 35.9 Å². The molecule has 1 aromatic rings. The first-order chi connectivity index (χ1) is 14.3. The van der Waals surface area contributed by atoms with Crippen LogP contribution in [0.5, 0.6) is 0 Å². The number of carbonyl (C=O) groups is 2. The first-order valence-electron chi connectivity index (χ1n) is 9.84. The predicted octanol–water partition coefficient (Wildman–Crippen LogP) is 1.75. The Kier molecular flexibility index (Phi) is 5.49. The molecule has 1 N–H and O–H groups in total. The molecule has 2 amide bonds. The number of hydrogen-bond acceptors (Lipinski definition) is 6. The zero-order chi connectivity index (χ0) is 21.5. The van der Waals surface area contributed by atoms with Gasteiger partial charge in [-0.15, -0.1) is 0 Å². The molecule has 0 radical (unpaired) electrons. The van der Waals surface area contributed by atoms with Crippen molar-refractivity contribution >= 4 is 23.4 Å². The summed E-state index contributed by atoms with van der Waals surface area (Å²) in [6.07, 6.45) is -3.58. The van der Waals surface area contributed by atoms with Crippen LogP contribution in [0.4, 0.5) is 29.3 Å². The Morgan fingerprint density at radius 1 is 1.33 bits per heavy atom. The van der Waals surface area contributed by atoms with E-state index in [9.17, 15) is 22.8 Å². The molecule has 164 valence electrons. The van der Waals surface area contributed by atoms with Gasteiger partial charge in [-0.2, -0.15) is 13.8 Å². The van der Waals surface area contributed by atoms with Crippen molar-refractivity contribution in [2.75, 3.05) is 49.1 Å². The van der Waals surface area contributed by atoms with Crippen molar-refractivity contribution in [3.8, 4) is 0 Å². The molecule has 11 heteroatoms. The van der Waals surface area contributed by atoms with Gasteiger partial charge in [0.2, 0.25) is 0 Å². The van der Waals surface area contributed by atoms with Gasteiger partial charge in [-0.25, -0.2) is 9.18 Å². The largest absolute Gasteiger partial charge is 0.438 e. The number of halogens is 3. The molecule has 0 aromatic heterocycles. The van der Waals surface area contributed by atoms with Gasteiger partial charge in [-0.05, 0) is 18.2 Å². The Balaban J connectivity index is 1.43. The summed E-state index contributed by atoms with van der Waals surface area (Å²) in [4.78, 5) is 32.2. The molecule has 1 unspecified atom stereocenters. The molecular formula is C19H23F3N4O4. The SMILES string of the molecule is CCN1CCN(c2ccc(N3CC4(C[C@@H]4NC(=O)C(F)F)OC3=O)cc2F)CCO1. The van der Waals surface area contributed by atoms with Gasteiger partial charge in [0, 0.05) is 32.6 Å². The molecule has 1 aromatic carbocycles. The lowest BCUT2D eigenvalue weighted by Gasteiger charge is -2.23. The monoisotopic (exact) mass is 428 g/mol. The van der Waals surface area contributed by atoms with Crippen LogP contribution in [0, 0.1) is 5.82 Å². The van der Waals surface area contributed by atoms with Crippen LogP contribution in [0.3, 0.4) is 0 Å². The van der Waals surface area contributed by atoms with Gasteiger partial charge in [0.05, 0.1) is 30.6 Å². The summed E-state index contributed by atoms with van der Waals surface area (Å²) in [5, 5.41) is 3.99. The number of ether oxygens (including phenoxy) is 1. The zero-order valence-electron chi connectivity index (χ0n) is 16.4. The lowest BCUT2D eigenvalue weighted by atomic mass is 10.2. The van der Waals surface area contributed by atoms with Gasteiger partial charge in [0.25, 0.3) is 5.91 Å². The van der Waals surface area contributed by atoms with E-state index in [1.165, 1.54) is 11.0 Å². The van der Waals surface area contributed by atoms with E-state index in [0.717, 1.165) is 6.54 Å². The minimum Gasteiger partial charge on any atom is -0.438 e. The van der Waals surface area contributed by atoms with Gasteiger partial charge in [-0.3, -0.25) is 14.5 Å². The van der Waals surface area contributed by atoms with Crippen molar-refractivity contribution in [2.45, 2.75) is 31.4 Å². The highest BCUT2D eigenvalue weighted by Crippen LogP contribution is 2.46. The maximum Gasteiger partial charge on any atom is 0.415 e. The predicted molar refractivity (Wildman–Crippen MR) is 101 cm³/mol. The van der Waals surface area contributed by atoms with E-state index in [1.54, 1.807) is 12.1 Å². The summed E-state index contributed by atoms with van der Waals surface area (Å²) >= 11 is 0. The minimum atomic E-state index is -3.13. The van der Waals surface area contributed by atoms with Crippen LogP contribution in [-0.2, 0) is 14.4 Å². The summed E-state index contributed by atoms with van der Waals surface area (Å²) in [5.41, 5.74) is -0.316. The van der Waals surface area contributed by atoms with Crippen molar-refractivity contribution in [3.63, 3.8) is 0 Å². The minimum absolute atomic E-state index is 0.0574. The number of hydroxylamine groups is 2. The third kappa shape index (κ3) is 3.91. The molecule has 8 nitrogen and oxygen atoms in total. The molecule has 1 aliphatic carbocycles. The van der Waals surface area contributed by atoms with Crippen molar-refractivity contribution in [2.24, 2.45) is 0 Å². The summed E-state index contributed by atoms with van der Waals surface area (Å²) in [5.74, 6) is -1.88. The molecule has 1 spiro atoms. The van der Waals surface area contributed by atoms with E-state index >= 15 is 0 Å². The van der Waals surface area contributed by atoms with E-state index in [0.29, 0.717) is 37.6 Å². The highest BCUT2D eigenvalue weighted by Gasteiger charge is 2.64. The molecule has 2 atom stereocenters. The number of rotatable bonds is 5. The summed E-state index contributed by atoms with van der Waals surface area (Å²) in [6, 6.07) is 3.81. The van der Waals surface area contributed by atoms with Crippen molar-refractivity contribution < 1.29 is 32.3 Å². The fraction of sp³-hybridized carbons (Fsp3) is 0.579. The average molecular weight is 428 g/mol. The topological polar surface area (TPSA) is 74.4 Å². The number of likely N-dealkylation sites (N-methyl/N-ethyl adjacent to an activating group) is 1. The Bertz CT molecular complexity index is 842. The normalized spacial score (nSPS) is 26.8. The lowest BCUT2D eigenvalue weighted by Crippen LogP contribution is -2.37. The highest BCUT2D eigenvalue weighted by molar-refractivity contribution is 5.91. The molecule has 4 rings (SSSR count). The van der Waals surface area contributed by atoms with Crippen LogP contribution < -0.4 is 15.1 Å². The van der Waals surface area contributed by atoms with Crippen molar-refractivity contribution in [1.82, 2.24) is 10.4 Å². The summed E-state index contributed by atoms with van der Waals surface area (Å²) in [7, 11) is 0. The number of hydrogen-bond donors (Lipinski definition) is 1. The Hall–Kier alpha value is -2.53. The first kappa shape index (κ1) is 20.7. The smallest absolute Gasteiger partial charge is 0.415 e. The average Bonchev–Trinajstić information content (AvgIpc) is 3.33.